The van der Waals surface area contributed by atoms with E-state index in [9.17, 15) is 35.1 Å². The molecular formula is C26H19F8NO2S. The summed E-state index contributed by atoms with van der Waals surface area (Å²) in [5.74, 6) is -12.2. The predicted molar refractivity (Wildman–Crippen MR) is 124 cm³/mol. The van der Waals surface area contributed by atoms with E-state index < -0.39 is 46.6 Å². The van der Waals surface area contributed by atoms with Gasteiger partial charge in [0.05, 0.1) is 30.8 Å². The highest BCUT2D eigenvalue weighted by Gasteiger charge is 2.34. The van der Waals surface area contributed by atoms with E-state index in [1.54, 1.807) is 18.2 Å². The Morgan fingerprint density at radius 1 is 0.816 bits per heavy atom. The molecule has 38 heavy (non-hydrogen) atoms. The molecule has 0 radical (unpaired) electrons. The molecule has 0 saturated carbocycles. The van der Waals surface area contributed by atoms with Gasteiger partial charge in [0, 0.05) is 29.6 Å². The van der Waals surface area contributed by atoms with Crippen molar-refractivity contribution in [2.75, 3.05) is 31.2 Å². The van der Waals surface area contributed by atoms with Crippen molar-refractivity contribution in [2.45, 2.75) is 29.8 Å². The maximum atomic E-state index is 13.9. The van der Waals surface area contributed by atoms with Gasteiger partial charge in [0.25, 0.3) is 0 Å². The van der Waals surface area contributed by atoms with E-state index in [0.717, 1.165) is 22.8 Å². The normalized spacial score (nSPS) is 17.6. The molecule has 12 heteroatoms. The highest BCUT2D eigenvalue weighted by molar-refractivity contribution is 7.95. The maximum Gasteiger partial charge on any atom is 0.416 e. The predicted octanol–water partition coefficient (Wildman–Crippen LogP) is 7.40. The Morgan fingerprint density at radius 2 is 1.45 bits per heavy atom. The zero-order chi connectivity index (χ0) is 27.2. The zero-order valence-electron chi connectivity index (χ0n) is 19.5. The van der Waals surface area contributed by atoms with Gasteiger partial charge in [0.15, 0.2) is 0 Å². The molecule has 1 atom stereocenters. The number of aryl methyl sites for hydroxylation is 1. The van der Waals surface area contributed by atoms with Gasteiger partial charge in [0.1, 0.15) is 0 Å². The summed E-state index contributed by atoms with van der Waals surface area (Å²) < 4.78 is 119. The second-order valence-electron chi connectivity index (χ2n) is 8.89. The van der Waals surface area contributed by atoms with Crippen molar-refractivity contribution in [3.05, 3.63) is 87.7 Å². The Hall–Kier alpha value is -2.99. The van der Waals surface area contributed by atoms with Gasteiger partial charge in [-0.05, 0) is 53.8 Å². The number of benzene rings is 3. The summed E-state index contributed by atoms with van der Waals surface area (Å²) in [6.45, 7) is 1.72. The molecule has 5 rings (SSSR count). The first kappa shape index (κ1) is 26.6. The van der Waals surface area contributed by atoms with Crippen LogP contribution in [0.4, 0.5) is 40.8 Å². The zero-order valence-corrected chi connectivity index (χ0v) is 20.3. The topological polar surface area (TPSA) is 21.7 Å². The molecule has 1 heterocycles. The lowest BCUT2D eigenvalue weighted by atomic mass is 9.90. The number of anilines is 1. The van der Waals surface area contributed by atoms with Crippen LogP contribution in [0.15, 0.2) is 41.3 Å². The number of alkyl halides is 3. The summed E-state index contributed by atoms with van der Waals surface area (Å²) >= 11 is 0.436. The van der Waals surface area contributed by atoms with E-state index in [0.29, 0.717) is 61.8 Å². The SMILES string of the molecule is Fc1c(F)c(F)c(OSc2ccc3c(c2)CCC3c2ccc(C(F)(F)F)cc2N2CCOCC2)c(F)c1F. The molecule has 2 aliphatic rings. The maximum absolute atomic E-state index is 13.9. The fourth-order valence-electron chi connectivity index (χ4n) is 4.81. The number of ether oxygens (including phenoxy) is 1. The molecular weight excluding hydrogens is 542 g/mol. The molecule has 0 N–H and O–H groups in total. The molecule has 0 spiro atoms. The molecule has 1 aliphatic carbocycles. The molecule has 1 saturated heterocycles. The molecule has 1 unspecified atom stereocenters. The van der Waals surface area contributed by atoms with Gasteiger partial charge in [-0.15, -0.1) is 0 Å². The van der Waals surface area contributed by atoms with Gasteiger partial charge in [-0.2, -0.15) is 22.0 Å². The number of hydrogen-bond acceptors (Lipinski definition) is 4. The largest absolute Gasteiger partial charge is 0.416 e. The highest BCUT2D eigenvalue weighted by Crippen LogP contribution is 2.45. The number of fused-ring (bicyclic) bond motifs is 1. The number of halogens is 8. The average molecular weight is 561 g/mol. The Balaban J connectivity index is 1.42. The Labute approximate surface area is 216 Å². The van der Waals surface area contributed by atoms with Crippen molar-refractivity contribution in [2.24, 2.45) is 0 Å². The smallest absolute Gasteiger partial charge is 0.414 e. The average Bonchev–Trinajstić information content (AvgIpc) is 3.33. The molecule has 0 amide bonds. The molecule has 0 bridgehead atoms. The van der Waals surface area contributed by atoms with Gasteiger partial charge in [-0.3, -0.25) is 0 Å². The fraction of sp³-hybridized carbons (Fsp3) is 0.308. The molecule has 3 aromatic rings. The van der Waals surface area contributed by atoms with Crippen molar-refractivity contribution in [1.82, 2.24) is 0 Å². The molecule has 1 aliphatic heterocycles. The standard InChI is InChI=1S/C26H19F8NO2S/c27-20-21(28)23(30)25(24(31)22(20)29)37-38-15-3-6-16-13(11-15)1-4-17(16)18-5-2-14(26(32,33)34)12-19(18)35-7-9-36-10-8-35/h2-3,5-6,11-12,17H,1,4,7-10H2. The van der Waals surface area contributed by atoms with Gasteiger partial charge >= 0.3 is 6.18 Å². The molecule has 0 aromatic heterocycles. The first-order valence-corrected chi connectivity index (χ1v) is 12.3. The summed E-state index contributed by atoms with van der Waals surface area (Å²) in [6.07, 6.45) is -3.31. The fourth-order valence-corrected chi connectivity index (χ4v) is 5.45. The second-order valence-corrected chi connectivity index (χ2v) is 9.69. The third-order valence-electron chi connectivity index (χ3n) is 6.67. The van der Waals surface area contributed by atoms with Gasteiger partial charge < -0.3 is 13.8 Å². The molecule has 3 aromatic carbocycles. The van der Waals surface area contributed by atoms with Crippen LogP contribution in [0.5, 0.6) is 5.75 Å². The van der Waals surface area contributed by atoms with Crippen molar-refractivity contribution < 1.29 is 44.0 Å². The Bertz CT molecular complexity index is 1350. The Kier molecular flexibility index (Phi) is 7.21. The lowest BCUT2D eigenvalue weighted by Gasteiger charge is -2.32. The lowest BCUT2D eigenvalue weighted by Crippen LogP contribution is -2.37. The van der Waals surface area contributed by atoms with E-state index in [1.165, 1.54) is 12.1 Å². The van der Waals surface area contributed by atoms with Crippen LogP contribution in [0.3, 0.4) is 0 Å². The quantitative estimate of drug-likeness (QED) is 0.140. The van der Waals surface area contributed by atoms with Gasteiger partial charge in [-0.1, -0.05) is 12.1 Å². The van der Waals surface area contributed by atoms with Crippen molar-refractivity contribution in [3.8, 4) is 5.75 Å². The number of hydrogen-bond donors (Lipinski definition) is 0. The minimum absolute atomic E-state index is 0.194. The minimum atomic E-state index is -4.49. The number of rotatable bonds is 5. The van der Waals surface area contributed by atoms with E-state index in [-0.39, 0.29) is 5.92 Å². The molecule has 202 valence electrons. The summed E-state index contributed by atoms with van der Waals surface area (Å²) in [5.41, 5.74) is 2.22. The van der Waals surface area contributed by atoms with Gasteiger partial charge in [0.2, 0.25) is 34.8 Å². The minimum Gasteiger partial charge on any atom is -0.414 e. The van der Waals surface area contributed by atoms with Crippen LogP contribution < -0.4 is 9.08 Å². The first-order valence-electron chi connectivity index (χ1n) is 11.6. The van der Waals surface area contributed by atoms with Crippen LogP contribution >= 0.6 is 12.0 Å². The summed E-state index contributed by atoms with van der Waals surface area (Å²) in [7, 11) is 0. The third-order valence-corrected chi connectivity index (χ3v) is 7.36. The third kappa shape index (κ3) is 4.91. The molecule has 3 nitrogen and oxygen atoms in total. The van der Waals surface area contributed by atoms with Crippen LogP contribution in [-0.2, 0) is 17.3 Å². The van der Waals surface area contributed by atoms with Crippen molar-refractivity contribution >= 4 is 17.7 Å². The summed E-state index contributed by atoms with van der Waals surface area (Å²) in [6, 6.07) is 8.71. The number of nitrogens with zero attached hydrogens (tertiary/aromatic N) is 1. The molecule has 1 fully saturated rings. The van der Waals surface area contributed by atoms with E-state index >= 15 is 0 Å². The Morgan fingerprint density at radius 3 is 2.11 bits per heavy atom. The number of morpholine rings is 1. The monoisotopic (exact) mass is 561 g/mol. The summed E-state index contributed by atoms with van der Waals surface area (Å²) in [5, 5.41) is 0. The van der Waals surface area contributed by atoms with Gasteiger partial charge in [-0.25, -0.2) is 13.2 Å². The van der Waals surface area contributed by atoms with Crippen LogP contribution in [0.1, 0.15) is 34.6 Å². The van der Waals surface area contributed by atoms with E-state index in [4.69, 9.17) is 8.92 Å². The van der Waals surface area contributed by atoms with Crippen LogP contribution in [0, 0.1) is 29.1 Å². The van der Waals surface area contributed by atoms with E-state index in [1.807, 2.05) is 4.90 Å². The second kappa shape index (κ2) is 10.3. The van der Waals surface area contributed by atoms with Crippen LogP contribution in [0.25, 0.3) is 0 Å². The van der Waals surface area contributed by atoms with Crippen LogP contribution in [-0.4, -0.2) is 26.3 Å². The lowest BCUT2D eigenvalue weighted by molar-refractivity contribution is -0.137. The van der Waals surface area contributed by atoms with Crippen molar-refractivity contribution in [1.29, 1.82) is 0 Å². The van der Waals surface area contributed by atoms with Crippen molar-refractivity contribution in [3.63, 3.8) is 0 Å². The highest BCUT2D eigenvalue weighted by atomic mass is 32.2. The first-order chi connectivity index (χ1) is 18.1. The van der Waals surface area contributed by atoms with Crippen LogP contribution in [0.2, 0.25) is 0 Å². The van der Waals surface area contributed by atoms with E-state index in [2.05, 4.69) is 0 Å². The summed E-state index contributed by atoms with van der Waals surface area (Å²) in [4.78, 5) is 2.24.